The third-order valence-corrected chi connectivity index (χ3v) is 7.64. The normalized spacial score (nSPS) is 25.0. The average molecular weight is 447 g/mol. The van der Waals surface area contributed by atoms with Crippen molar-refractivity contribution >= 4 is 17.6 Å². The standard InChI is InChI=1S/C25H39ClN4O/c1-2-27-24(30-15-10-21(19-30)18-29-13-6-3-7-14-29)28-20-25(11-16-31-17-12-25)22-8-4-5-9-23(22)26/h4-5,8-9,21H,2-3,6-7,10-20H2,1H3,(H,27,28). The minimum absolute atomic E-state index is 0.0375. The molecule has 172 valence electrons. The molecule has 3 fully saturated rings. The van der Waals surface area contributed by atoms with Crippen molar-refractivity contribution in [1.82, 2.24) is 15.1 Å². The van der Waals surface area contributed by atoms with Crippen LogP contribution in [0.1, 0.15) is 51.0 Å². The van der Waals surface area contributed by atoms with Gasteiger partial charge in [0, 0.05) is 49.8 Å². The lowest BCUT2D eigenvalue weighted by Crippen LogP contribution is -2.43. The fourth-order valence-electron chi connectivity index (χ4n) is 5.50. The van der Waals surface area contributed by atoms with E-state index in [4.69, 9.17) is 21.3 Å². The maximum absolute atomic E-state index is 6.64. The van der Waals surface area contributed by atoms with E-state index in [2.05, 4.69) is 34.2 Å². The predicted molar refractivity (Wildman–Crippen MR) is 129 cm³/mol. The maximum atomic E-state index is 6.64. The van der Waals surface area contributed by atoms with E-state index in [1.165, 1.54) is 50.9 Å². The molecule has 0 aliphatic carbocycles. The van der Waals surface area contributed by atoms with E-state index in [-0.39, 0.29) is 5.41 Å². The zero-order valence-electron chi connectivity index (χ0n) is 19.1. The smallest absolute Gasteiger partial charge is 0.193 e. The quantitative estimate of drug-likeness (QED) is 0.526. The summed E-state index contributed by atoms with van der Waals surface area (Å²) >= 11 is 6.64. The molecule has 0 spiro atoms. The second kappa shape index (κ2) is 11.0. The van der Waals surface area contributed by atoms with Crippen molar-refractivity contribution in [1.29, 1.82) is 0 Å². The third-order valence-electron chi connectivity index (χ3n) is 7.31. The van der Waals surface area contributed by atoms with Gasteiger partial charge in [-0.2, -0.15) is 0 Å². The van der Waals surface area contributed by atoms with E-state index in [0.29, 0.717) is 0 Å². The van der Waals surface area contributed by atoms with Gasteiger partial charge in [-0.3, -0.25) is 4.99 Å². The molecule has 1 aromatic rings. The largest absolute Gasteiger partial charge is 0.381 e. The number of benzene rings is 1. The Kier molecular flexibility index (Phi) is 8.13. The van der Waals surface area contributed by atoms with Crippen LogP contribution in [-0.4, -0.2) is 74.8 Å². The number of nitrogens with one attached hydrogen (secondary N) is 1. The van der Waals surface area contributed by atoms with Crippen LogP contribution in [-0.2, 0) is 10.2 Å². The Labute approximate surface area is 193 Å². The third kappa shape index (κ3) is 5.74. The lowest BCUT2D eigenvalue weighted by atomic mass is 9.74. The van der Waals surface area contributed by atoms with Crippen molar-refractivity contribution in [2.75, 3.05) is 59.0 Å². The second-order valence-electron chi connectivity index (χ2n) is 9.50. The highest BCUT2D eigenvalue weighted by molar-refractivity contribution is 6.31. The van der Waals surface area contributed by atoms with Crippen LogP contribution in [0, 0.1) is 5.92 Å². The topological polar surface area (TPSA) is 40.1 Å². The summed E-state index contributed by atoms with van der Waals surface area (Å²) in [5.41, 5.74) is 1.19. The van der Waals surface area contributed by atoms with Crippen molar-refractivity contribution in [3.05, 3.63) is 34.9 Å². The van der Waals surface area contributed by atoms with Crippen LogP contribution in [0.5, 0.6) is 0 Å². The Hall–Kier alpha value is -1.30. The van der Waals surface area contributed by atoms with Gasteiger partial charge in [0.25, 0.3) is 0 Å². The summed E-state index contributed by atoms with van der Waals surface area (Å²) in [4.78, 5) is 10.4. The molecular formula is C25H39ClN4O. The molecule has 3 aliphatic heterocycles. The highest BCUT2D eigenvalue weighted by Gasteiger charge is 2.36. The summed E-state index contributed by atoms with van der Waals surface area (Å²) in [7, 11) is 0. The van der Waals surface area contributed by atoms with Crippen LogP contribution in [0.4, 0.5) is 0 Å². The molecule has 1 aromatic carbocycles. The number of guanidine groups is 1. The molecule has 4 rings (SSSR count). The Balaban J connectivity index is 1.45. The van der Waals surface area contributed by atoms with Gasteiger partial charge in [0.2, 0.25) is 0 Å². The van der Waals surface area contributed by atoms with Crippen LogP contribution in [0.2, 0.25) is 5.02 Å². The zero-order chi connectivity index (χ0) is 21.5. The molecule has 3 saturated heterocycles. The van der Waals surface area contributed by atoms with Gasteiger partial charge < -0.3 is 19.9 Å². The first kappa shape index (κ1) is 22.9. The SMILES string of the molecule is CCNC(=NCC1(c2ccccc2Cl)CCOCC1)N1CCC(CN2CCCCC2)C1. The summed E-state index contributed by atoms with van der Waals surface area (Å²) in [6, 6.07) is 8.30. The number of likely N-dealkylation sites (tertiary alicyclic amines) is 2. The average Bonchev–Trinajstić information content (AvgIpc) is 3.26. The van der Waals surface area contributed by atoms with E-state index in [1.54, 1.807) is 0 Å². The molecule has 5 nitrogen and oxygen atoms in total. The van der Waals surface area contributed by atoms with E-state index in [0.717, 1.165) is 69.1 Å². The number of hydrogen-bond acceptors (Lipinski definition) is 3. The molecule has 3 aliphatic rings. The minimum Gasteiger partial charge on any atom is -0.381 e. The summed E-state index contributed by atoms with van der Waals surface area (Å²) in [6.07, 6.45) is 7.35. The summed E-state index contributed by atoms with van der Waals surface area (Å²) in [5, 5.41) is 4.42. The Morgan fingerprint density at radius 1 is 1.16 bits per heavy atom. The van der Waals surface area contributed by atoms with Crippen LogP contribution in [0.15, 0.2) is 29.3 Å². The summed E-state index contributed by atoms with van der Waals surface area (Å²) < 4.78 is 5.70. The summed E-state index contributed by atoms with van der Waals surface area (Å²) in [5.74, 6) is 1.82. The number of aliphatic imine (C=N–C) groups is 1. The maximum Gasteiger partial charge on any atom is 0.193 e. The zero-order valence-corrected chi connectivity index (χ0v) is 19.9. The number of halogens is 1. The molecule has 0 amide bonds. The van der Waals surface area contributed by atoms with Crippen LogP contribution >= 0.6 is 11.6 Å². The molecule has 0 bridgehead atoms. The second-order valence-corrected chi connectivity index (χ2v) is 9.91. The molecule has 31 heavy (non-hydrogen) atoms. The first-order valence-electron chi connectivity index (χ1n) is 12.3. The summed E-state index contributed by atoms with van der Waals surface area (Å²) in [6.45, 7) is 11.4. The van der Waals surface area contributed by atoms with Crippen molar-refractivity contribution in [2.24, 2.45) is 10.9 Å². The van der Waals surface area contributed by atoms with E-state index >= 15 is 0 Å². The van der Waals surface area contributed by atoms with E-state index < -0.39 is 0 Å². The molecule has 3 heterocycles. The molecule has 0 aromatic heterocycles. The van der Waals surface area contributed by atoms with Crippen molar-refractivity contribution in [2.45, 2.75) is 50.9 Å². The first-order chi connectivity index (χ1) is 15.2. The molecule has 0 radical (unpaired) electrons. The number of piperidine rings is 1. The van der Waals surface area contributed by atoms with Gasteiger partial charge in [-0.05, 0) is 69.7 Å². The Morgan fingerprint density at radius 2 is 1.94 bits per heavy atom. The van der Waals surface area contributed by atoms with E-state index in [9.17, 15) is 0 Å². The highest BCUT2D eigenvalue weighted by atomic mass is 35.5. The van der Waals surface area contributed by atoms with Gasteiger partial charge in [-0.25, -0.2) is 0 Å². The number of rotatable bonds is 6. The van der Waals surface area contributed by atoms with Gasteiger partial charge in [-0.1, -0.05) is 36.2 Å². The van der Waals surface area contributed by atoms with Crippen LogP contribution < -0.4 is 5.32 Å². The number of hydrogen-bond donors (Lipinski definition) is 1. The fraction of sp³-hybridized carbons (Fsp3) is 0.720. The van der Waals surface area contributed by atoms with E-state index in [1.807, 2.05) is 12.1 Å². The van der Waals surface area contributed by atoms with Crippen molar-refractivity contribution < 1.29 is 4.74 Å². The lowest BCUT2D eigenvalue weighted by molar-refractivity contribution is 0.0530. The fourth-order valence-corrected chi connectivity index (χ4v) is 5.84. The van der Waals surface area contributed by atoms with Gasteiger partial charge in [0.05, 0.1) is 6.54 Å². The molecule has 1 unspecified atom stereocenters. The van der Waals surface area contributed by atoms with Crippen molar-refractivity contribution in [3.8, 4) is 0 Å². The molecule has 6 heteroatoms. The van der Waals surface area contributed by atoms with Gasteiger partial charge >= 0.3 is 0 Å². The molecule has 1 N–H and O–H groups in total. The minimum atomic E-state index is -0.0375. The number of ether oxygens (including phenoxy) is 1. The van der Waals surface area contributed by atoms with Crippen molar-refractivity contribution in [3.63, 3.8) is 0 Å². The van der Waals surface area contributed by atoms with Crippen LogP contribution in [0.3, 0.4) is 0 Å². The Morgan fingerprint density at radius 3 is 2.68 bits per heavy atom. The molecule has 1 atom stereocenters. The van der Waals surface area contributed by atoms with Crippen LogP contribution in [0.25, 0.3) is 0 Å². The van der Waals surface area contributed by atoms with Gasteiger partial charge in [-0.15, -0.1) is 0 Å². The Bertz CT molecular complexity index is 728. The first-order valence-corrected chi connectivity index (χ1v) is 12.7. The predicted octanol–water partition coefficient (Wildman–Crippen LogP) is 4.16. The lowest BCUT2D eigenvalue weighted by Gasteiger charge is -2.37. The van der Waals surface area contributed by atoms with Gasteiger partial charge in [0.1, 0.15) is 0 Å². The van der Waals surface area contributed by atoms with Gasteiger partial charge in [0.15, 0.2) is 5.96 Å². The molecular weight excluding hydrogens is 408 g/mol. The monoisotopic (exact) mass is 446 g/mol. The highest BCUT2D eigenvalue weighted by Crippen LogP contribution is 2.39. The number of nitrogens with zero attached hydrogens (tertiary/aromatic N) is 3. The molecule has 0 saturated carbocycles.